The zero-order valence-electron chi connectivity index (χ0n) is 16.3. The molecule has 0 N–H and O–H groups in total. The molecule has 4 rings (SSSR count). The number of nitrogens with zero attached hydrogens (tertiary/aromatic N) is 3. The van der Waals surface area contributed by atoms with Crippen LogP contribution in [0.5, 0.6) is 5.75 Å². The Balaban J connectivity index is 1.36. The lowest BCUT2D eigenvalue weighted by Crippen LogP contribution is -1.98. The van der Waals surface area contributed by atoms with E-state index in [9.17, 15) is 4.79 Å². The van der Waals surface area contributed by atoms with Crippen LogP contribution in [0.4, 0.5) is 0 Å². The summed E-state index contributed by atoms with van der Waals surface area (Å²) in [6.07, 6.45) is 6.44. The van der Waals surface area contributed by atoms with Gasteiger partial charge in [-0.05, 0) is 66.2 Å². The zero-order valence-corrected chi connectivity index (χ0v) is 17.8. The number of allylic oxidation sites excluding steroid dienone is 1. The van der Waals surface area contributed by atoms with Gasteiger partial charge in [0, 0.05) is 21.2 Å². The molecule has 0 aliphatic heterocycles. The number of benzene rings is 3. The van der Waals surface area contributed by atoms with E-state index in [0.29, 0.717) is 21.4 Å². The van der Waals surface area contributed by atoms with E-state index in [2.05, 4.69) is 10.1 Å². The number of ether oxygens (including phenoxy) is 1. The highest BCUT2D eigenvalue weighted by atomic mass is 35.5. The fraction of sp³-hybridized carbons (Fsp3) is 0.0417. The van der Waals surface area contributed by atoms with E-state index in [-0.39, 0.29) is 12.4 Å². The van der Waals surface area contributed by atoms with Crippen molar-refractivity contribution in [3.63, 3.8) is 0 Å². The lowest BCUT2D eigenvalue weighted by atomic mass is 10.1. The maximum absolute atomic E-state index is 12.5. The fourth-order valence-electron chi connectivity index (χ4n) is 2.88. The summed E-state index contributed by atoms with van der Waals surface area (Å²) in [6.45, 7) is 0.289. The molecule has 31 heavy (non-hydrogen) atoms. The van der Waals surface area contributed by atoms with Gasteiger partial charge >= 0.3 is 0 Å². The Kier molecular flexibility index (Phi) is 6.46. The van der Waals surface area contributed by atoms with Gasteiger partial charge < -0.3 is 4.74 Å². The van der Waals surface area contributed by atoms with E-state index in [0.717, 1.165) is 16.8 Å². The number of hydrogen-bond acceptors (Lipinski definition) is 4. The summed E-state index contributed by atoms with van der Waals surface area (Å²) in [5.74, 6) is 0.546. The number of aromatic nitrogens is 3. The number of halogens is 2. The number of ketones is 1. The van der Waals surface area contributed by atoms with Gasteiger partial charge in [0.1, 0.15) is 25.0 Å². The predicted octanol–water partition coefficient (Wildman–Crippen LogP) is 6.05. The predicted molar refractivity (Wildman–Crippen MR) is 122 cm³/mol. The molecule has 0 saturated heterocycles. The Morgan fingerprint density at radius 2 is 1.77 bits per heavy atom. The van der Waals surface area contributed by atoms with E-state index in [1.807, 2.05) is 24.3 Å². The quantitative estimate of drug-likeness (QED) is 0.254. The third-order valence-corrected chi connectivity index (χ3v) is 5.15. The first kappa shape index (κ1) is 20.8. The fourth-order valence-corrected chi connectivity index (χ4v) is 3.25. The van der Waals surface area contributed by atoms with Crippen LogP contribution in [0.3, 0.4) is 0 Å². The molecule has 0 amide bonds. The lowest BCUT2D eigenvalue weighted by molar-refractivity contribution is 0.104. The van der Waals surface area contributed by atoms with Gasteiger partial charge in [-0.15, -0.1) is 0 Å². The van der Waals surface area contributed by atoms with Crippen LogP contribution in [0.1, 0.15) is 21.5 Å². The Morgan fingerprint density at radius 1 is 1.00 bits per heavy atom. The minimum Gasteiger partial charge on any atom is -0.489 e. The molecule has 3 aromatic carbocycles. The molecule has 0 spiro atoms. The molecule has 4 aromatic rings. The minimum atomic E-state index is -0.0928. The van der Waals surface area contributed by atoms with Gasteiger partial charge in [-0.3, -0.25) is 4.79 Å². The van der Waals surface area contributed by atoms with Crippen molar-refractivity contribution in [2.45, 2.75) is 6.61 Å². The largest absolute Gasteiger partial charge is 0.489 e. The molecule has 0 fully saturated rings. The number of carbonyl (C=O) groups is 1. The first-order chi connectivity index (χ1) is 15.1. The smallest absolute Gasteiger partial charge is 0.185 e. The molecule has 154 valence electrons. The Hall–Kier alpha value is -3.41. The maximum Gasteiger partial charge on any atom is 0.185 e. The molecular formula is C24H17Cl2N3O2. The van der Waals surface area contributed by atoms with Gasteiger partial charge in [0.2, 0.25) is 0 Å². The van der Waals surface area contributed by atoms with Crippen molar-refractivity contribution in [1.29, 1.82) is 0 Å². The molecule has 1 aromatic heterocycles. The van der Waals surface area contributed by atoms with Crippen LogP contribution in [-0.2, 0) is 6.61 Å². The molecule has 0 aliphatic rings. The lowest BCUT2D eigenvalue weighted by Gasteiger charge is -2.08. The van der Waals surface area contributed by atoms with Gasteiger partial charge in [0.05, 0.1) is 5.69 Å². The molecule has 0 unspecified atom stereocenters. The van der Waals surface area contributed by atoms with Gasteiger partial charge in [0.25, 0.3) is 0 Å². The Labute approximate surface area is 189 Å². The molecule has 5 nitrogen and oxygen atoms in total. The van der Waals surface area contributed by atoms with Crippen molar-refractivity contribution in [1.82, 2.24) is 14.8 Å². The molecule has 0 radical (unpaired) electrons. The van der Waals surface area contributed by atoms with Gasteiger partial charge in [-0.2, -0.15) is 5.10 Å². The standard InChI is InChI=1S/C24H17Cl2N3O2/c25-20-6-11-23(26)19(13-20)14-31-22-9-4-18(5-10-22)24(30)12-3-17-1-7-21(8-2-17)29-16-27-15-28-29/h1-13,15-16H,14H2/b12-3+. The highest BCUT2D eigenvalue weighted by molar-refractivity contribution is 6.33. The van der Waals surface area contributed by atoms with Crippen LogP contribution in [0.2, 0.25) is 10.0 Å². The summed E-state index contributed by atoms with van der Waals surface area (Å²) in [6, 6.07) is 19.9. The van der Waals surface area contributed by atoms with Crippen molar-refractivity contribution < 1.29 is 9.53 Å². The van der Waals surface area contributed by atoms with Crippen molar-refractivity contribution in [2.75, 3.05) is 0 Å². The van der Waals surface area contributed by atoms with Crippen LogP contribution in [-0.4, -0.2) is 20.5 Å². The molecule has 0 saturated carbocycles. The molecular weight excluding hydrogens is 433 g/mol. The van der Waals surface area contributed by atoms with Crippen LogP contribution in [0, 0.1) is 0 Å². The molecule has 0 atom stereocenters. The van der Waals surface area contributed by atoms with E-state index in [1.54, 1.807) is 65.6 Å². The van der Waals surface area contributed by atoms with Crippen LogP contribution < -0.4 is 4.74 Å². The second kappa shape index (κ2) is 9.60. The van der Waals surface area contributed by atoms with Crippen molar-refractivity contribution in [3.05, 3.63) is 112 Å². The molecule has 1 heterocycles. The first-order valence-corrected chi connectivity index (χ1v) is 10.2. The van der Waals surface area contributed by atoms with Gasteiger partial charge in [0.15, 0.2) is 5.78 Å². The molecule has 0 aliphatic carbocycles. The molecule has 0 bridgehead atoms. The van der Waals surface area contributed by atoms with Crippen molar-refractivity contribution in [2.24, 2.45) is 0 Å². The number of hydrogen-bond donors (Lipinski definition) is 0. The summed E-state index contributed by atoms with van der Waals surface area (Å²) < 4.78 is 7.42. The normalized spacial score (nSPS) is 11.0. The van der Waals surface area contributed by atoms with Crippen LogP contribution >= 0.6 is 23.2 Å². The third-order valence-electron chi connectivity index (χ3n) is 4.54. The van der Waals surface area contributed by atoms with Crippen LogP contribution in [0.15, 0.2) is 85.5 Å². The van der Waals surface area contributed by atoms with Crippen molar-refractivity contribution in [3.8, 4) is 11.4 Å². The number of carbonyl (C=O) groups excluding carboxylic acids is 1. The maximum atomic E-state index is 12.5. The average Bonchev–Trinajstić information content (AvgIpc) is 3.34. The summed E-state index contributed by atoms with van der Waals surface area (Å²) in [5, 5.41) is 5.28. The first-order valence-electron chi connectivity index (χ1n) is 9.43. The van der Waals surface area contributed by atoms with E-state index >= 15 is 0 Å². The monoisotopic (exact) mass is 449 g/mol. The second-order valence-electron chi connectivity index (χ2n) is 6.68. The summed E-state index contributed by atoms with van der Waals surface area (Å²) in [4.78, 5) is 16.4. The van der Waals surface area contributed by atoms with E-state index in [4.69, 9.17) is 27.9 Å². The SMILES string of the molecule is O=C(/C=C/c1ccc(-n2cncn2)cc1)c1ccc(OCc2cc(Cl)ccc2Cl)cc1. The molecule has 7 heteroatoms. The van der Waals surface area contributed by atoms with Crippen molar-refractivity contribution >= 4 is 35.1 Å². The topological polar surface area (TPSA) is 57.0 Å². The van der Waals surface area contributed by atoms with Gasteiger partial charge in [-0.1, -0.05) is 41.4 Å². The Bertz CT molecular complexity index is 1200. The summed E-state index contributed by atoms with van der Waals surface area (Å²) in [7, 11) is 0. The minimum absolute atomic E-state index is 0.0928. The summed E-state index contributed by atoms with van der Waals surface area (Å²) in [5.41, 5.74) is 3.18. The van der Waals surface area contributed by atoms with Gasteiger partial charge in [-0.25, -0.2) is 9.67 Å². The Morgan fingerprint density at radius 3 is 2.48 bits per heavy atom. The zero-order chi connectivity index (χ0) is 21.6. The second-order valence-corrected chi connectivity index (χ2v) is 7.52. The summed E-state index contributed by atoms with van der Waals surface area (Å²) >= 11 is 12.1. The van der Waals surface area contributed by atoms with Crippen LogP contribution in [0.25, 0.3) is 11.8 Å². The average molecular weight is 450 g/mol. The highest BCUT2D eigenvalue weighted by Gasteiger charge is 2.05. The third kappa shape index (κ3) is 5.40. The number of rotatable bonds is 7. The van der Waals surface area contributed by atoms with E-state index in [1.165, 1.54) is 6.33 Å². The van der Waals surface area contributed by atoms with E-state index < -0.39 is 0 Å². The highest BCUT2D eigenvalue weighted by Crippen LogP contribution is 2.23.